The van der Waals surface area contributed by atoms with E-state index in [4.69, 9.17) is 14.2 Å². The van der Waals surface area contributed by atoms with Gasteiger partial charge in [-0.3, -0.25) is 9.00 Å². The maximum Gasteiger partial charge on any atom is 0.224 e. The molecule has 4 rings (SSSR count). The van der Waals surface area contributed by atoms with Crippen molar-refractivity contribution in [2.45, 2.75) is 63.6 Å². The van der Waals surface area contributed by atoms with Crippen LogP contribution in [-0.4, -0.2) is 46.6 Å². The van der Waals surface area contributed by atoms with E-state index in [0.29, 0.717) is 29.5 Å². The summed E-state index contributed by atoms with van der Waals surface area (Å²) in [5, 5.41) is 2.98. The second-order valence-electron chi connectivity index (χ2n) is 10.7. The van der Waals surface area contributed by atoms with E-state index in [1.165, 1.54) is 0 Å². The van der Waals surface area contributed by atoms with E-state index in [-0.39, 0.29) is 18.2 Å². The van der Waals surface area contributed by atoms with Crippen LogP contribution in [0.2, 0.25) is 0 Å². The van der Waals surface area contributed by atoms with Crippen LogP contribution in [0, 0.1) is 6.92 Å². The van der Waals surface area contributed by atoms with Crippen molar-refractivity contribution in [3.8, 4) is 22.6 Å². The molecule has 44 heavy (non-hydrogen) atoms. The highest BCUT2D eigenvalue weighted by atomic mass is 32.2. The van der Waals surface area contributed by atoms with Crippen molar-refractivity contribution in [3.63, 3.8) is 0 Å². The lowest BCUT2D eigenvalue weighted by atomic mass is 9.92. The van der Waals surface area contributed by atoms with Gasteiger partial charge in [-0.2, -0.15) is 0 Å². The second-order valence-corrected chi connectivity index (χ2v) is 12.1. The molecule has 1 heterocycles. The molecular weight excluding hydrogens is 574 g/mol. The summed E-state index contributed by atoms with van der Waals surface area (Å²) in [7, 11) is 0.427. The van der Waals surface area contributed by atoms with E-state index in [1.807, 2.05) is 61.7 Å². The van der Waals surface area contributed by atoms with E-state index in [9.17, 15) is 9.00 Å². The van der Waals surface area contributed by atoms with Crippen LogP contribution in [0.3, 0.4) is 0 Å². The Labute approximate surface area is 263 Å². The van der Waals surface area contributed by atoms with Crippen LogP contribution in [-0.2, 0) is 32.6 Å². The molecule has 0 aliphatic heterocycles. The number of rotatable bonds is 16. The summed E-state index contributed by atoms with van der Waals surface area (Å²) in [5.74, 6) is 1.74. The lowest BCUT2D eigenvalue weighted by molar-refractivity contribution is -0.116. The summed E-state index contributed by atoms with van der Waals surface area (Å²) in [6, 6.07) is 21.2. The van der Waals surface area contributed by atoms with Gasteiger partial charge in [0, 0.05) is 30.2 Å². The number of nitrogens with one attached hydrogen (secondary N) is 1. The molecule has 0 saturated heterocycles. The number of amides is 1. The van der Waals surface area contributed by atoms with Gasteiger partial charge < -0.3 is 24.1 Å². The summed E-state index contributed by atoms with van der Waals surface area (Å²) in [5.41, 5.74) is 5.58. The number of anilines is 1. The monoisotopic (exact) mass is 617 g/mol. The predicted molar refractivity (Wildman–Crippen MR) is 176 cm³/mol. The highest BCUT2D eigenvalue weighted by Gasteiger charge is 2.18. The molecule has 1 N–H and O–H groups in total. The van der Waals surface area contributed by atoms with Crippen LogP contribution in [0.15, 0.2) is 78.0 Å². The first-order valence-electron chi connectivity index (χ1n) is 15.1. The van der Waals surface area contributed by atoms with Crippen molar-refractivity contribution in [1.29, 1.82) is 0 Å². The number of aromatic nitrogens is 2. The van der Waals surface area contributed by atoms with Gasteiger partial charge in [0.25, 0.3) is 0 Å². The number of aryl methyl sites for hydroxylation is 2. The Morgan fingerprint density at radius 2 is 1.70 bits per heavy atom. The molecule has 9 heteroatoms. The van der Waals surface area contributed by atoms with Crippen LogP contribution in [0.1, 0.15) is 56.5 Å². The van der Waals surface area contributed by atoms with Crippen LogP contribution in [0.4, 0.5) is 5.69 Å². The molecule has 0 bridgehead atoms. The molecule has 1 aromatic heterocycles. The van der Waals surface area contributed by atoms with Crippen LogP contribution in [0.5, 0.6) is 11.5 Å². The number of hydrogen-bond donors (Lipinski definition) is 1. The molecule has 3 aromatic carbocycles. The number of nitrogens with zero attached hydrogens (tertiary/aromatic N) is 2. The first-order valence-corrected chi connectivity index (χ1v) is 16.4. The van der Waals surface area contributed by atoms with Crippen molar-refractivity contribution < 1.29 is 23.2 Å². The van der Waals surface area contributed by atoms with E-state index >= 15 is 0 Å². The van der Waals surface area contributed by atoms with Crippen molar-refractivity contribution in [3.05, 3.63) is 90.0 Å². The zero-order chi connectivity index (χ0) is 31.5. The fraction of sp³-hybridized carbons (Fsp3) is 0.371. The standard InChI is InChI=1S/C35H43N3O5S/c1-6-18-42-19-20-43-30-13-8-27(9-14-30)28-10-17-34(41-5)32(22-28)25(3)21-35(39)37-29-11-15-31(16-12-29)44(40)23-33-26(4)36-24-38(33)7-2/h8-17,22,24-25H,6-7,18-21,23H2,1-5H3,(H,37,39). The quantitative estimate of drug-likeness (QED) is 0.135. The topological polar surface area (TPSA) is 91.7 Å². The van der Waals surface area contributed by atoms with Gasteiger partial charge in [0.2, 0.25) is 5.91 Å². The van der Waals surface area contributed by atoms with Gasteiger partial charge in [-0.15, -0.1) is 0 Å². The minimum absolute atomic E-state index is 0.0888. The average Bonchev–Trinajstić information content (AvgIpc) is 3.39. The maximum absolute atomic E-state index is 13.0. The SMILES string of the molecule is CCCOCCOc1ccc(-c2ccc(OC)c(C(C)CC(=O)Nc3ccc(S(=O)Cc4c(C)ncn4CC)cc3)c2)cc1. The number of benzene rings is 3. The Morgan fingerprint density at radius 3 is 2.39 bits per heavy atom. The third-order valence-corrected chi connectivity index (χ3v) is 8.78. The molecule has 0 saturated carbocycles. The van der Waals surface area contributed by atoms with Crippen molar-refractivity contribution in [2.24, 2.45) is 0 Å². The predicted octanol–water partition coefficient (Wildman–Crippen LogP) is 7.13. The van der Waals surface area contributed by atoms with Crippen molar-refractivity contribution >= 4 is 22.4 Å². The highest BCUT2D eigenvalue weighted by molar-refractivity contribution is 7.84. The zero-order valence-corrected chi connectivity index (χ0v) is 27.1. The van der Waals surface area contributed by atoms with Gasteiger partial charge in [0.1, 0.15) is 18.1 Å². The molecule has 1 amide bonds. The third kappa shape index (κ3) is 8.80. The van der Waals surface area contributed by atoms with Gasteiger partial charge in [0.15, 0.2) is 0 Å². The highest BCUT2D eigenvalue weighted by Crippen LogP contribution is 2.34. The number of ether oxygens (including phenoxy) is 3. The van der Waals surface area contributed by atoms with Gasteiger partial charge >= 0.3 is 0 Å². The second kappa shape index (κ2) is 16.2. The molecule has 2 atom stereocenters. The van der Waals surface area contributed by atoms with Gasteiger partial charge in [0.05, 0.1) is 48.0 Å². The van der Waals surface area contributed by atoms with Crippen LogP contribution in [0.25, 0.3) is 11.1 Å². The van der Waals surface area contributed by atoms with E-state index in [1.54, 1.807) is 37.7 Å². The number of methoxy groups -OCH3 is 1. The van der Waals surface area contributed by atoms with E-state index in [2.05, 4.69) is 23.3 Å². The first kappa shape index (κ1) is 33.0. The molecule has 2 unspecified atom stereocenters. The van der Waals surface area contributed by atoms with Gasteiger partial charge in [-0.25, -0.2) is 4.98 Å². The lowest BCUT2D eigenvalue weighted by Crippen LogP contribution is -2.15. The molecule has 0 aliphatic rings. The van der Waals surface area contributed by atoms with E-state index in [0.717, 1.165) is 59.1 Å². The molecule has 0 fully saturated rings. The zero-order valence-electron chi connectivity index (χ0n) is 26.3. The minimum atomic E-state index is -1.22. The van der Waals surface area contributed by atoms with Crippen LogP contribution >= 0.6 is 0 Å². The molecule has 8 nitrogen and oxygen atoms in total. The summed E-state index contributed by atoms with van der Waals surface area (Å²) < 4.78 is 31.9. The maximum atomic E-state index is 13.0. The fourth-order valence-corrected chi connectivity index (χ4v) is 6.20. The smallest absolute Gasteiger partial charge is 0.224 e. The Bertz CT molecular complexity index is 1530. The minimum Gasteiger partial charge on any atom is -0.496 e. The Kier molecular flexibility index (Phi) is 12.1. The van der Waals surface area contributed by atoms with Crippen molar-refractivity contribution in [1.82, 2.24) is 9.55 Å². The number of hydrogen-bond acceptors (Lipinski definition) is 6. The fourth-order valence-electron chi connectivity index (χ4n) is 4.97. The molecule has 234 valence electrons. The summed E-state index contributed by atoms with van der Waals surface area (Å²) in [6.07, 6.45) is 3.06. The van der Waals surface area contributed by atoms with Gasteiger partial charge in [-0.1, -0.05) is 32.0 Å². The van der Waals surface area contributed by atoms with Gasteiger partial charge in [-0.05, 0) is 91.4 Å². The summed E-state index contributed by atoms with van der Waals surface area (Å²) in [6.45, 7) is 10.7. The Morgan fingerprint density at radius 1 is 0.977 bits per heavy atom. The van der Waals surface area contributed by atoms with E-state index < -0.39 is 10.8 Å². The third-order valence-electron chi connectivity index (χ3n) is 7.45. The average molecular weight is 618 g/mol. The Hall–Kier alpha value is -3.95. The normalized spacial score (nSPS) is 12.5. The molecule has 0 spiro atoms. The number of carbonyl (C=O) groups excluding carboxylic acids is 1. The van der Waals surface area contributed by atoms with Crippen LogP contribution < -0.4 is 14.8 Å². The largest absolute Gasteiger partial charge is 0.496 e. The molecular formula is C35H43N3O5S. The molecule has 4 aromatic rings. The lowest BCUT2D eigenvalue weighted by Gasteiger charge is -2.17. The number of carbonyl (C=O) groups is 1. The first-order chi connectivity index (χ1) is 21.3. The molecule has 0 radical (unpaired) electrons. The van der Waals surface area contributed by atoms with Crippen molar-refractivity contribution in [2.75, 3.05) is 32.2 Å². The Balaban J connectivity index is 1.36. The molecule has 0 aliphatic carbocycles. The summed E-state index contributed by atoms with van der Waals surface area (Å²) in [4.78, 5) is 18.1. The number of imidazole rings is 1. The summed E-state index contributed by atoms with van der Waals surface area (Å²) >= 11 is 0.